The second kappa shape index (κ2) is 6.18. The van der Waals surface area contributed by atoms with E-state index in [-0.39, 0.29) is 11.9 Å². The lowest BCUT2D eigenvalue weighted by molar-refractivity contribution is -0.121. The Morgan fingerprint density at radius 2 is 2.08 bits per heavy atom. The van der Waals surface area contributed by atoms with Gasteiger partial charge in [0, 0.05) is 31.9 Å². The summed E-state index contributed by atoms with van der Waals surface area (Å²) in [6.07, 6.45) is 1.21. The third-order valence-corrected chi connectivity index (χ3v) is 5.53. The van der Waals surface area contributed by atoms with Crippen LogP contribution in [0.15, 0.2) is 24.3 Å². The quantitative estimate of drug-likeness (QED) is 0.792. The maximum Gasteiger partial charge on any atom is 0.217 e. The molecule has 2 heterocycles. The van der Waals surface area contributed by atoms with E-state index in [1.54, 1.807) is 0 Å². The summed E-state index contributed by atoms with van der Waals surface area (Å²) in [5.74, 6) is 0.995. The zero-order valence-corrected chi connectivity index (χ0v) is 13.9. The van der Waals surface area contributed by atoms with E-state index in [0.717, 1.165) is 43.7 Å². The number of benzene rings is 1. The van der Waals surface area contributed by atoms with Gasteiger partial charge in [-0.3, -0.25) is 14.8 Å². The number of rotatable bonds is 3. The molecule has 0 bridgehead atoms. The number of hydrogen-bond acceptors (Lipinski definition) is 4. The summed E-state index contributed by atoms with van der Waals surface area (Å²) < 4.78 is 0. The number of aliphatic hydroxyl groups is 1. The first-order chi connectivity index (χ1) is 11.6. The normalized spacial score (nSPS) is 30.4. The third-order valence-electron chi connectivity index (χ3n) is 5.53. The van der Waals surface area contributed by atoms with Gasteiger partial charge >= 0.3 is 0 Å². The van der Waals surface area contributed by atoms with E-state index in [4.69, 9.17) is 0 Å². The first-order valence-corrected chi connectivity index (χ1v) is 8.69. The Labute approximate surface area is 141 Å². The number of nitrogens with one attached hydrogen (secondary N) is 2. The van der Waals surface area contributed by atoms with Crippen LogP contribution in [0.1, 0.15) is 25.5 Å². The Kier molecular flexibility index (Phi) is 4.02. The molecule has 6 heteroatoms. The molecule has 4 rings (SSSR count). The fraction of sp³-hybridized carbons (Fsp3) is 0.556. The largest absolute Gasteiger partial charge is 0.391 e. The van der Waals surface area contributed by atoms with Gasteiger partial charge in [0.05, 0.1) is 23.4 Å². The van der Waals surface area contributed by atoms with Crippen LogP contribution < -0.4 is 5.32 Å². The average molecular weight is 328 g/mol. The molecule has 1 aliphatic heterocycles. The Bertz CT molecular complexity index is 743. The minimum Gasteiger partial charge on any atom is -0.391 e. The number of aliphatic hydroxyl groups excluding tert-OH is 1. The number of aromatic nitrogens is 2. The molecule has 1 saturated heterocycles. The number of hydrogen-bond donors (Lipinski definition) is 3. The summed E-state index contributed by atoms with van der Waals surface area (Å²) in [6, 6.07) is 8.07. The van der Waals surface area contributed by atoms with E-state index in [0.29, 0.717) is 11.8 Å². The number of carbonyl (C=O) groups excluding carboxylic acids is 1. The Morgan fingerprint density at radius 1 is 1.33 bits per heavy atom. The topological polar surface area (TPSA) is 81.2 Å². The molecule has 0 spiro atoms. The van der Waals surface area contributed by atoms with Crippen molar-refractivity contribution in [3.63, 3.8) is 0 Å². The van der Waals surface area contributed by atoms with Crippen molar-refractivity contribution < 1.29 is 9.90 Å². The first kappa shape index (κ1) is 15.6. The highest BCUT2D eigenvalue weighted by Gasteiger charge is 2.41. The summed E-state index contributed by atoms with van der Waals surface area (Å²) in [5, 5.41) is 21.9. The zero-order valence-electron chi connectivity index (χ0n) is 13.9. The predicted octanol–water partition coefficient (Wildman–Crippen LogP) is 1.27. The molecule has 1 aromatic heterocycles. The van der Waals surface area contributed by atoms with Gasteiger partial charge in [0.1, 0.15) is 0 Å². The molecule has 1 amide bonds. The van der Waals surface area contributed by atoms with Gasteiger partial charge in [0.15, 0.2) is 0 Å². The van der Waals surface area contributed by atoms with Crippen molar-refractivity contribution in [3.8, 4) is 0 Å². The van der Waals surface area contributed by atoms with Gasteiger partial charge in [-0.15, -0.1) is 0 Å². The van der Waals surface area contributed by atoms with Crippen LogP contribution in [-0.2, 0) is 11.3 Å². The van der Waals surface area contributed by atoms with E-state index < -0.39 is 6.10 Å². The predicted molar refractivity (Wildman–Crippen MR) is 91.2 cm³/mol. The highest BCUT2D eigenvalue weighted by molar-refractivity contribution is 5.81. The molecule has 6 nitrogen and oxygen atoms in total. The molecule has 2 aromatic rings. The molecule has 1 saturated carbocycles. The second-order valence-corrected chi connectivity index (χ2v) is 7.28. The lowest BCUT2D eigenvalue weighted by Gasteiger charge is -2.35. The van der Waals surface area contributed by atoms with Gasteiger partial charge in [0.2, 0.25) is 5.91 Å². The molecule has 0 unspecified atom stereocenters. The molecule has 2 fully saturated rings. The van der Waals surface area contributed by atoms with Gasteiger partial charge in [-0.2, -0.15) is 5.10 Å². The van der Waals surface area contributed by atoms with Crippen molar-refractivity contribution in [2.24, 2.45) is 11.8 Å². The molecule has 3 N–H and O–H groups in total. The maximum atomic E-state index is 11.3. The molecular weight excluding hydrogens is 304 g/mol. The van der Waals surface area contributed by atoms with E-state index in [9.17, 15) is 9.90 Å². The highest BCUT2D eigenvalue weighted by Crippen LogP contribution is 2.37. The van der Waals surface area contributed by atoms with Crippen molar-refractivity contribution in [3.05, 3.63) is 30.0 Å². The average Bonchev–Trinajstić information content (AvgIpc) is 3.11. The van der Waals surface area contributed by atoms with Crippen LogP contribution in [0.4, 0.5) is 0 Å². The number of likely N-dealkylation sites (tertiary alicyclic amines) is 1. The van der Waals surface area contributed by atoms with Gasteiger partial charge < -0.3 is 10.4 Å². The van der Waals surface area contributed by atoms with Crippen LogP contribution in [0.3, 0.4) is 0 Å². The Hall–Kier alpha value is -1.92. The van der Waals surface area contributed by atoms with Gasteiger partial charge in [-0.1, -0.05) is 18.2 Å². The molecule has 2 aliphatic rings. The summed E-state index contributed by atoms with van der Waals surface area (Å²) in [7, 11) is 0. The molecule has 1 aliphatic carbocycles. The van der Waals surface area contributed by atoms with Crippen LogP contribution in [0.5, 0.6) is 0 Å². The SMILES string of the molecule is CC(=O)N[C@@H]1C[C@@H]2CN(Cc3[nH]nc4ccccc34)C[C@@H]2C[C@H]1O. The number of para-hydroxylation sites is 1. The number of nitrogens with zero attached hydrogens (tertiary/aromatic N) is 2. The van der Waals surface area contributed by atoms with E-state index in [1.165, 1.54) is 12.3 Å². The minimum atomic E-state index is -0.428. The van der Waals surface area contributed by atoms with Crippen molar-refractivity contribution in [2.45, 2.75) is 38.5 Å². The summed E-state index contributed by atoms with van der Waals surface area (Å²) in [6.45, 7) is 4.39. The summed E-state index contributed by atoms with van der Waals surface area (Å²) in [4.78, 5) is 13.7. The fourth-order valence-electron chi connectivity index (χ4n) is 4.43. The van der Waals surface area contributed by atoms with Gasteiger partial charge in [-0.05, 0) is 30.7 Å². The van der Waals surface area contributed by atoms with Crippen LogP contribution in [0.25, 0.3) is 10.9 Å². The molecular formula is C18H24N4O2. The van der Waals surface area contributed by atoms with Crippen LogP contribution >= 0.6 is 0 Å². The Morgan fingerprint density at radius 3 is 2.88 bits per heavy atom. The lowest BCUT2D eigenvalue weighted by atomic mass is 9.77. The van der Waals surface area contributed by atoms with Crippen LogP contribution in [-0.4, -0.2) is 51.3 Å². The second-order valence-electron chi connectivity index (χ2n) is 7.28. The van der Waals surface area contributed by atoms with Crippen LogP contribution in [0.2, 0.25) is 0 Å². The zero-order chi connectivity index (χ0) is 16.7. The molecule has 24 heavy (non-hydrogen) atoms. The van der Waals surface area contributed by atoms with Crippen LogP contribution in [0, 0.1) is 11.8 Å². The smallest absolute Gasteiger partial charge is 0.217 e. The van der Waals surface area contributed by atoms with Gasteiger partial charge in [-0.25, -0.2) is 0 Å². The van der Waals surface area contributed by atoms with Gasteiger partial charge in [0.25, 0.3) is 0 Å². The van der Waals surface area contributed by atoms with E-state index >= 15 is 0 Å². The van der Waals surface area contributed by atoms with Crippen molar-refractivity contribution in [1.82, 2.24) is 20.4 Å². The summed E-state index contributed by atoms with van der Waals surface area (Å²) >= 11 is 0. The number of carbonyl (C=O) groups is 1. The molecule has 1 aromatic carbocycles. The third kappa shape index (κ3) is 2.91. The molecule has 0 radical (unpaired) electrons. The van der Waals surface area contributed by atoms with E-state index in [1.807, 2.05) is 18.2 Å². The number of amides is 1. The fourth-order valence-corrected chi connectivity index (χ4v) is 4.43. The molecule has 128 valence electrons. The lowest BCUT2D eigenvalue weighted by Crippen LogP contribution is -2.48. The van der Waals surface area contributed by atoms with E-state index in [2.05, 4.69) is 26.5 Å². The maximum absolute atomic E-state index is 11.3. The van der Waals surface area contributed by atoms with Crippen molar-refractivity contribution >= 4 is 16.8 Å². The highest BCUT2D eigenvalue weighted by atomic mass is 16.3. The number of fused-ring (bicyclic) bond motifs is 2. The Balaban J connectivity index is 1.44. The minimum absolute atomic E-state index is 0.0590. The standard InChI is InChI=1S/C18H24N4O2/c1-11(23)19-16-6-12-8-22(9-13(12)7-18(16)24)10-17-14-4-2-3-5-15(14)20-21-17/h2-5,12-13,16,18,24H,6-10H2,1H3,(H,19,23)(H,20,21)/t12-,13+,16-,18-/m1/s1. The first-order valence-electron chi connectivity index (χ1n) is 8.69. The summed E-state index contributed by atoms with van der Waals surface area (Å²) in [5.41, 5.74) is 2.16. The molecule has 4 atom stereocenters. The monoisotopic (exact) mass is 328 g/mol. The number of aromatic amines is 1. The number of H-pyrrole nitrogens is 1. The van der Waals surface area contributed by atoms with Crippen molar-refractivity contribution in [2.75, 3.05) is 13.1 Å². The van der Waals surface area contributed by atoms with Crippen molar-refractivity contribution in [1.29, 1.82) is 0 Å².